The number of oxime groups is 1. The van der Waals surface area contributed by atoms with E-state index in [-0.39, 0.29) is 24.0 Å². The number of methoxy groups -OCH3 is 1. The van der Waals surface area contributed by atoms with Crippen LogP contribution < -0.4 is 14.8 Å². The van der Waals surface area contributed by atoms with Gasteiger partial charge in [-0.25, -0.2) is 0 Å². The van der Waals surface area contributed by atoms with Gasteiger partial charge in [-0.05, 0) is 42.5 Å². The van der Waals surface area contributed by atoms with Crippen LogP contribution in [0.5, 0.6) is 11.5 Å². The molecule has 1 amide bonds. The summed E-state index contributed by atoms with van der Waals surface area (Å²) in [6.07, 6.45) is 1.32. The molecular formula is C17H15BrF2N2O4. The summed E-state index contributed by atoms with van der Waals surface area (Å²) < 4.78 is 34.7. The van der Waals surface area contributed by atoms with Crippen molar-refractivity contribution in [2.24, 2.45) is 5.16 Å². The number of nitrogens with one attached hydrogen (secondary N) is 1. The van der Waals surface area contributed by atoms with E-state index >= 15 is 0 Å². The molecule has 0 fully saturated rings. The Hall–Kier alpha value is -2.68. The highest BCUT2D eigenvalue weighted by Gasteiger charge is 2.10. The van der Waals surface area contributed by atoms with Gasteiger partial charge in [0.1, 0.15) is 0 Å². The molecule has 0 aliphatic carbocycles. The Labute approximate surface area is 156 Å². The topological polar surface area (TPSA) is 69.2 Å². The van der Waals surface area contributed by atoms with Crippen molar-refractivity contribution in [3.05, 3.63) is 52.5 Å². The lowest BCUT2D eigenvalue weighted by molar-refractivity contribution is -0.120. The van der Waals surface area contributed by atoms with Gasteiger partial charge in [-0.2, -0.15) is 8.78 Å². The zero-order valence-electron chi connectivity index (χ0n) is 13.6. The van der Waals surface area contributed by atoms with Gasteiger partial charge in [0.05, 0.1) is 13.3 Å². The molecule has 1 N–H and O–H groups in total. The first-order chi connectivity index (χ1) is 12.5. The Morgan fingerprint density at radius 3 is 2.62 bits per heavy atom. The molecule has 0 aliphatic heterocycles. The fraction of sp³-hybridized carbons (Fsp3) is 0.176. The monoisotopic (exact) mass is 428 g/mol. The number of ether oxygens (including phenoxy) is 2. The molecule has 2 aromatic rings. The van der Waals surface area contributed by atoms with Crippen LogP contribution in [0.4, 0.5) is 14.5 Å². The molecule has 2 aromatic carbocycles. The van der Waals surface area contributed by atoms with Crippen LogP contribution >= 0.6 is 15.9 Å². The number of nitrogens with zero attached hydrogens (tertiary/aromatic N) is 1. The van der Waals surface area contributed by atoms with Crippen LogP contribution in [-0.4, -0.2) is 32.4 Å². The molecule has 6 nitrogen and oxygen atoms in total. The molecule has 0 radical (unpaired) electrons. The predicted molar refractivity (Wildman–Crippen MR) is 95.9 cm³/mol. The standard InChI is InChI=1S/C17H15BrF2N2O4/c1-24-15-8-11(2-7-14(15)26-17(19)20)9-21-25-10-16(23)22-13-5-3-12(18)4-6-13/h2-9,17H,10H2,1H3,(H,22,23)/b21-9+. The van der Waals surface area contributed by atoms with Crippen molar-refractivity contribution in [1.29, 1.82) is 0 Å². The molecule has 0 bridgehead atoms. The van der Waals surface area contributed by atoms with E-state index in [9.17, 15) is 13.6 Å². The second-order valence-corrected chi connectivity index (χ2v) is 5.77. The van der Waals surface area contributed by atoms with Gasteiger partial charge in [0, 0.05) is 15.7 Å². The lowest BCUT2D eigenvalue weighted by atomic mass is 10.2. The molecular weight excluding hydrogens is 414 g/mol. The number of rotatable bonds is 8. The van der Waals surface area contributed by atoms with Crippen molar-refractivity contribution in [3.63, 3.8) is 0 Å². The van der Waals surface area contributed by atoms with E-state index in [2.05, 4.69) is 31.1 Å². The van der Waals surface area contributed by atoms with Gasteiger partial charge < -0.3 is 19.6 Å². The average molecular weight is 429 g/mol. The molecule has 26 heavy (non-hydrogen) atoms. The summed E-state index contributed by atoms with van der Waals surface area (Å²) in [5, 5.41) is 6.31. The van der Waals surface area contributed by atoms with Crippen LogP contribution in [0.15, 0.2) is 52.1 Å². The molecule has 0 atom stereocenters. The maximum Gasteiger partial charge on any atom is 0.387 e. The molecule has 0 unspecified atom stereocenters. The molecule has 2 rings (SSSR count). The number of halogens is 3. The largest absolute Gasteiger partial charge is 0.493 e. The number of anilines is 1. The summed E-state index contributed by atoms with van der Waals surface area (Å²) in [4.78, 5) is 16.6. The third kappa shape index (κ3) is 6.32. The Morgan fingerprint density at radius 1 is 1.23 bits per heavy atom. The second-order valence-electron chi connectivity index (χ2n) is 4.85. The Balaban J connectivity index is 1.85. The van der Waals surface area contributed by atoms with Crippen molar-refractivity contribution < 1.29 is 27.9 Å². The molecule has 0 aliphatic rings. The summed E-state index contributed by atoms with van der Waals surface area (Å²) in [5.74, 6) is -0.334. The van der Waals surface area contributed by atoms with E-state index in [1.54, 1.807) is 24.3 Å². The summed E-state index contributed by atoms with van der Waals surface area (Å²) >= 11 is 3.30. The number of amides is 1. The number of alkyl halides is 2. The number of hydrogen-bond acceptors (Lipinski definition) is 5. The lowest BCUT2D eigenvalue weighted by Crippen LogP contribution is -2.16. The highest BCUT2D eigenvalue weighted by molar-refractivity contribution is 9.10. The van der Waals surface area contributed by atoms with E-state index in [1.807, 2.05) is 0 Å². The van der Waals surface area contributed by atoms with Gasteiger partial charge in [-0.15, -0.1) is 0 Å². The number of hydrogen-bond donors (Lipinski definition) is 1. The molecule has 0 saturated carbocycles. The third-order valence-electron chi connectivity index (χ3n) is 3.00. The van der Waals surface area contributed by atoms with Gasteiger partial charge in [0.2, 0.25) is 0 Å². The first kappa shape index (κ1) is 19.6. The summed E-state index contributed by atoms with van der Waals surface area (Å²) in [5.41, 5.74) is 1.15. The summed E-state index contributed by atoms with van der Waals surface area (Å²) in [7, 11) is 1.33. The fourth-order valence-electron chi connectivity index (χ4n) is 1.88. The van der Waals surface area contributed by atoms with Gasteiger partial charge in [0.15, 0.2) is 18.1 Å². The predicted octanol–water partition coefficient (Wildman–Crippen LogP) is 4.05. The van der Waals surface area contributed by atoms with Crippen LogP contribution in [0.1, 0.15) is 5.56 Å². The van der Waals surface area contributed by atoms with Crippen LogP contribution in [0.25, 0.3) is 0 Å². The molecule has 0 saturated heterocycles. The lowest BCUT2D eigenvalue weighted by Gasteiger charge is -2.09. The molecule has 0 spiro atoms. The zero-order valence-corrected chi connectivity index (χ0v) is 15.2. The summed E-state index contributed by atoms with van der Waals surface area (Å²) in [6.45, 7) is -3.23. The third-order valence-corrected chi connectivity index (χ3v) is 3.53. The minimum Gasteiger partial charge on any atom is -0.493 e. The minimum absolute atomic E-state index is 0.0885. The van der Waals surface area contributed by atoms with Crippen LogP contribution in [-0.2, 0) is 9.63 Å². The number of carbonyl (C=O) groups is 1. The van der Waals surface area contributed by atoms with Crippen molar-refractivity contribution >= 4 is 33.7 Å². The fourth-order valence-corrected chi connectivity index (χ4v) is 2.15. The normalized spacial score (nSPS) is 10.8. The van der Waals surface area contributed by atoms with Gasteiger partial charge in [0.25, 0.3) is 5.91 Å². The zero-order chi connectivity index (χ0) is 18.9. The van der Waals surface area contributed by atoms with Crippen molar-refractivity contribution in [3.8, 4) is 11.5 Å². The highest BCUT2D eigenvalue weighted by Crippen LogP contribution is 2.28. The Morgan fingerprint density at radius 2 is 1.96 bits per heavy atom. The van der Waals surface area contributed by atoms with Crippen molar-refractivity contribution in [2.45, 2.75) is 6.61 Å². The van der Waals surface area contributed by atoms with Crippen LogP contribution in [0.3, 0.4) is 0 Å². The van der Waals surface area contributed by atoms with Crippen molar-refractivity contribution in [2.75, 3.05) is 19.0 Å². The Kier molecular flexibility index (Phi) is 7.34. The first-order valence-electron chi connectivity index (χ1n) is 7.31. The van der Waals surface area contributed by atoms with Crippen LogP contribution in [0.2, 0.25) is 0 Å². The van der Waals surface area contributed by atoms with Gasteiger partial charge >= 0.3 is 6.61 Å². The first-order valence-corrected chi connectivity index (χ1v) is 8.11. The number of carbonyl (C=O) groups excluding carboxylic acids is 1. The summed E-state index contributed by atoms with van der Waals surface area (Å²) in [6, 6.07) is 11.3. The Bertz CT molecular complexity index is 770. The quantitative estimate of drug-likeness (QED) is 0.508. The average Bonchev–Trinajstić information content (AvgIpc) is 2.61. The minimum atomic E-state index is -2.95. The maximum absolute atomic E-state index is 12.3. The second kappa shape index (κ2) is 9.71. The van der Waals surface area contributed by atoms with E-state index in [1.165, 1.54) is 31.5 Å². The van der Waals surface area contributed by atoms with E-state index in [0.29, 0.717) is 11.3 Å². The van der Waals surface area contributed by atoms with E-state index in [0.717, 1.165) is 4.47 Å². The maximum atomic E-state index is 12.3. The molecule has 0 aromatic heterocycles. The van der Waals surface area contributed by atoms with Gasteiger partial charge in [-0.3, -0.25) is 4.79 Å². The van der Waals surface area contributed by atoms with E-state index in [4.69, 9.17) is 9.57 Å². The SMILES string of the molecule is COc1cc(/C=N/OCC(=O)Nc2ccc(Br)cc2)ccc1OC(F)F. The highest BCUT2D eigenvalue weighted by atomic mass is 79.9. The molecule has 138 valence electrons. The van der Waals surface area contributed by atoms with Gasteiger partial charge in [-0.1, -0.05) is 21.1 Å². The van der Waals surface area contributed by atoms with Crippen molar-refractivity contribution in [1.82, 2.24) is 0 Å². The smallest absolute Gasteiger partial charge is 0.387 e. The van der Waals surface area contributed by atoms with E-state index < -0.39 is 6.61 Å². The van der Waals surface area contributed by atoms with Crippen LogP contribution in [0, 0.1) is 0 Å². The molecule has 0 heterocycles. The number of benzene rings is 2. The molecule has 9 heteroatoms.